The van der Waals surface area contributed by atoms with Gasteiger partial charge in [0, 0.05) is 30.9 Å². The fourth-order valence-corrected chi connectivity index (χ4v) is 3.68. The first-order chi connectivity index (χ1) is 10.8. The Hall–Kier alpha value is -2.10. The number of benzene rings is 1. The van der Waals surface area contributed by atoms with Crippen molar-refractivity contribution in [1.29, 1.82) is 0 Å². The number of piperidine rings is 1. The molecule has 0 spiro atoms. The Morgan fingerprint density at radius 2 is 1.77 bits per heavy atom. The molecule has 1 fully saturated rings. The molecule has 3 heterocycles. The van der Waals surface area contributed by atoms with E-state index in [1.807, 2.05) is 0 Å². The minimum atomic E-state index is 0.446. The normalized spacial score (nSPS) is 21.0. The first-order valence-corrected chi connectivity index (χ1v) is 8.27. The molecule has 0 N–H and O–H groups in total. The Kier molecular flexibility index (Phi) is 3.45. The van der Waals surface area contributed by atoms with Gasteiger partial charge in [0.1, 0.15) is 18.0 Å². The zero-order valence-electron chi connectivity index (χ0n) is 13.1. The van der Waals surface area contributed by atoms with E-state index in [0.717, 1.165) is 31.1 Å². The number of rotatable bonds is 2. The van der Waals surface area contributed by atoms with Crippen molar-refractivity contribution in [3.63, 3.8) is 0 Å². The molecule has 1 unspecified atom stereocenters. The van der Waals surface area contributed by atoms with E-state index in [1.165, 1.54) is 30.5 Å². The second-order valence-corrected chi connectivity index (χ2v) is 6.33. The van der Waals surface area contributed by atoms with Gasteiger partial charge in [-0.15, -0.1) is 0 Å². The lowest BCUT2D eigenvalue weighted by Gasteiger charge is -2.29. The highest BCUT2D eigenvalue weighted by Crippen LogP contribution is 2.37. The van der Waals surface area contributed by atoms with Crippen molar-refractivity contribution in [3.8, 4) is 0 Å². The van der Waals surface area contributed by atoms with Gasteiger partial charge >= 0.3 is 0 Å². The molecule has 0 aliphatic carbocycles. The van der Waals surface area contributed by atoms with Crippen LogP contribution < -0.4 is 9.80 Å². The van der Waals surface area contributed by atoms with Crippen molar-refractivity contribution in [3.05, 3.63) is 42.2 Å². The zero-order valence-corrected chi connectivity index (χ0v) is 13.1. The van der Waals surface area contributed by atoms with E-state index in [1.54, 1.807) is 6.33 Å². The van der Waals surface area contributed by atoms with Gasteiger partial charge in [-0.3, -0.25) is 0 Å². The molecular weight excluding hydrogens is 272 g/mol. The Balaban J connectivity index is 1.68. The topological polar surface area (TPSA) is 32.3 Å². The molecule has 4 heteroatoms. The number of aromatic nitrogens is 2. The molecule has 1 saturated heterocycles. The van der Waals surface area contributed by atoms with Crippen LogP contribution in [0.1, 0.15) is 31.7 Å². The largest absolute Gasteiger partial charge is 0.356 e. The van der Waals surface area contributed by atoms with Crippen LogP contribution in [0.15, 0.2) is 36.7 Å². The van der Waals surface area contributed by atoms with Gasteiger partial charge in [0.15, 0.2) is 0 Å². The van der Waals surface area contributed by atoms with Crippen molar-refractivity contribution in [1.82, 2.24) is 9.97 Å². The van der Waals surface area contributed by atoms with E-state index >= 15 is 0 Å². The van der Waals surface area contributed by atoms with Gasteiger partial charge in [-0.05, 0) is 44.2 Å². The van der Waals surface area contributed by atoms with Crippen molar-refractivity contribution in [2.45, 2.75) is 38.6 Å². The first kappa shape index (κ1) is 13.6. The molecule has 1 aromatic heterocycles. The van der Waals surface area contributed by atoms with E-state index in [9.17, 15) is 0 Å². The lowest BCUT2D eigenvalue weighted by molar-refractivity contribution is 0.573. The van der Waals surface area contributed by atoms with Crippen LogP contribution >= 0.6 is 0 Å². The summed E-state index contributed by atoms with van der Waals surface area (Å²) in [6.07, 6.45) is 6.67. The Morgan fingerprint density at radius 1 is 1.00 bits per heavy atom. The molecule has 1 atom stereocenters. The highest BCUT2D eigenvalue weighted by Gasteiger charge is 2.28. The third kappa shape index (κ3) is 2.32. The van der Waals surface area contributed by atoms with Crippen LogP contribution in [-0.4, -0.2) is 29.1 Å². The van der Waals surface area contributed by atoms with Crippen molar-refractivity contribution < 1.29 is 0 Å². The molecule has 0 amide bonds. The number of anilines is 3. The predicted octanol–water partition coefficient (Wildman–Crippen LogP) is 3.55. The average Bonchev–Trinajstić information content (AvgIpc) is 2.91. The van der Waals surface area contributed by atoms with Crippen LogP contribution in [0.5, 0.6) is 0 Å². The van der Waals surface area contributed by atoms with Crippen molar-refractivity contribution in [2.75, 3.05) is 22.9 Å². The quantitative estimate of drug-likeness (QED) is 0.848. The second-order valence-electron chi connectivity index (χ2n) is 6.33. The summed E-state index contributed by atoms with van der Waals surface area (Å²) in [5, 5.41) is 0. The van der Waals surface area contributed by atoms with E-state index in [4.69, 9.17) is 0 Å². The fraction of sp³-hybridized carbons (Fsp3) is 0.444. The summed E-state index contributed by atoms with van der Waals surface area (Å²) in [4.78, 5) is 13.8. The maximum atomic E-state index is 4.55. The Bertz CT molecular complexity index is 664. The summed E-state index contributed by atoms with van der Waals surface area (Å²) in [6.45, 7) is 4.49. The van der Waals surface area contributed by atoms with Crippen LogP contribution in [0.2, 0.25) is 0 Å². The number of nitrogens with zero attached hydrogens (tertiary/aromatic N) is 4. The van der Waals surface area contributed by atoms with Gasteiger partial charge in [-0.25, -0.2) is 9.97 Å². The summed E-state index contributed by atoms with van der Waals surface area (Å²) in [6, 6.07) is 11.2. The molecular formula is C18H22N4. The van der Waals surface area contributed by atoms with Crippen LogP contribution in [0.4, 0.5) is 17.3 Å². The van der Waals surface area contributed by atoms with Crippen molar-refractivity contribution in [2.24, 2.45) is 0 Å². The van der Waals surface area contributed by atoms with Gasteiger partial charge in [0.05, 0.1) is 0 Å². The maximum absolute atomic E-state index is 4.55. The second kappa shape index (κ2) is 5.59. The zero-order chi connectivity index (χ0) is 14.9. The Morgan fingerprint density at radius 3 is 2.64 bits per heavy atom. The molecule has 4 nitrogen and oxygen atoms in total. The molecule has 22 heavy (non-hydrogen) atoms. The van der Waals surface area contributed by atoms with E-state index in [-0.39, 0.29) is 0 Å². The molecule has 4 rings (SSSR count). The summed E-state index contributed by atoms with van der Waals surface area (Å²) >= 11 is 0. The monoisotopic (exact) mass is 294 g/mol. The summed E-state index contributed by atoms with van der Waals surface area (Å²) < 4.78 is 0. The lowest BCUT2D eigenvalue weighted by Crippen LogP contribution is -2.31. The molecule has 0 radical (unpaired) electrons. The number of hydrogen-bond acceptors (Lipinski definition) is 4. The van der Waals surface area contributed by atoms with Crippen LogP contribution in [0.25, 0.3) is 0 Å². The molecule has 2 aromatic rings. The first-order valence-electron chi connectivity index (χ1n) is 8.27. The molecule has 0 bridgehead atoms. The van der Waals surface area contributed by atoms with E-state index < -0.39 is 0 Å². The van der Waals surface area contributed by atoms with Gasteiger partial charge in [0.2, 0.25) is 0 Å². The Labute approximate surface area is 131 Å². The lowest BCUT2D eigenvalue weighted by atomic mass is 10.1. The maximum Gasteiger partial charge on any atom is 0.138 e. The van der Waals surface area contributed by atoms with Crippen LogP contribution in [-0.2, 0) is 6.42 Å². The number of hydrogen-bond donors (Lipinski definition) is 0. The van der Waals surface area contributed by atoms with E-state index in [0.29, 0.717) is 6.04 Å². The minimum absolute atomic E-state index is 0.446. The van der Waals surface area contributed by atoms with Crippen LogP contribution in [0, 0.1) is 0 Å². The van der Waals surface area contributed by atoms with Gasteiger partial charge in [-0.1, -0.05) is 18.2 Å². The molecule has 1 aromatic carbocycles. The smallest absolute Gasteiger partial charge is 0.138 e. The molecule has 2 aliphatic rings. The number of para-hydroxylation sites is 1. The van der Waals surface area contributed by atoms with Gasteiger partial charge in [0.25, 0.3) is 0 Å². The highest BCUT2D eigenvalue weighted by molar-refractivity contribution is 5.70. The van der Waals surface area contributed by atoms with Crippen LogP contribution in [0.3, 0.4) is 0 Å². The standard InChI is InChI=1S/C18H22N4/c1-14-11-15-7-3-4-8-16(15)22(14)18-12-17(19-13-20-18)21-9-5-2-6-10-21/h3-4,7-8,12-14H,2,5-6,9-11H2,1H3. The molecule has 2 aliphatic heterocycles. The SMILES string of the molecule is CC1Cc2ccccc2N1c1cc(N2CCCCC2)ncn1. The molecule has 114 valence electrons. The summed E-state index contributed by atoms with van der Waals surface area (Å²) in [7, 11) is 0. The minimum Gasteiger partial charge on any atom is -0.356 e. The molecule has 0 saturated carbocycles. The van der Waals surface area contributed by atoms with E-state index in [2.05, 4.69) is 57.0 Å². The fourth-order valence-electron chi connectivity index (χ4n) is 3.68. The summed E-state index contributed by atoms with van der Waals surface area (Å²) in [5.41, 5.74) is 2.70. The third-order valence-electron chi connectivity index (χ3n) is 4.77. The van der Waals surface area contributed by atoms with Gasteiger partial charge < -0.3 is 9.80 Å². The van der Waals surface area contributed by atoms with Gasteiger partial charge in [-0.2, -0.15) is 0 Å². The third-order valence-corrected chi connectivity index (χ3v) is 4.77. The summed E-state index contributed by atoms with van der Waals surface area (Å²) in [5.74, 6) is 2.09. The average molecular weight is 294 g/mol. The van der Waals surface area contributed by atoms with Crippen molar-refractivity contribution >= 4 is 17.3 Å². The predicted molar refractivity (Wildman–Crippen MR) is 89.8 cm³/mol. The number of fused-ring (bicyclic) bond motifs is 1. The highest BCUT2D eigenvalue weighted by atomic mass is 15.3.